The van der Waals surface area contributed by atoms with Crippen molar-refractivity contribution >= 4 is 5.82 Å². The minimum Gasteiger partial charge on any atom is -0.346 e. The van der Waals surface area contributed by atoms with Crippen LogP contribution in [0.3, 0.4) is 0 Å². The number of anilines is 1. The van der Waals surface area contributed by atoms with E-state index in [9.17, 15) is 4.39 Å². The largest absolute Gasteiger partial charge is 0.346 e. The van der Waals surface area contributed by atoms with Crippen LogP contribution in [0.5, 0.6) is 0 Å². The Morgan fingerprint density at radius 2 is 2.35 bits per heavy atom. The van der Waals surface area contributed by atoms with Gasteiger partial charge in [-0.25, -0.2) is 9.37 Å². The maximum atomic E-state index is 14.1. The van der Waals surface area contributed by atoms with Gasteiger partial charge in [0, 0.05) is 25.4 Å². The number of rotatable bonds is 6. The zero-order chi connectivity index (χ0) is 12.7. The molecule has 0 bridgehead atoms. The van der Waals surface area contributed by atoms with Crippen LogP contribution >= 0.6 is 0 Å². The van der Waals surface area contributed by atoms with Crippen LogP contribution in [-0.2, 0) is 6.54 Å². The molecule has 0 aliphatic heterocycles. The third kappa shape index (κ3) is 3.72. The molecule has 0 aliphatic carbocycles. The molecule has 17 heavy (non-hydrogen) atoms. The zero-order valence-electron chi connectivity index (χ0n) is 10.3. The summed E-state index contributed by atoms with van der Waals surface area (Å²) >= 11 is 0. The van der Waals surface area contributed by atoms with Crippen molar-refractivity contribution in [2.75, 3.05) is 25.0 Å². The van der Waals surface area contributed by atoms with Crippen molar-refractivity contribution in [2.45, 2.75) is 19.9 Å². The van der Waals surface area contributed by atoms with E-state index in [1.807, 2.05) is 0 Å². The van der Waals surface area contributed by atoms with Gasteiger partial charge in [-0.05, 0) is 19.0 Å². The average Bonchev–Trinajstić information content (AvgIpc) is 2.32. The molecule has 1 rings (SSSR count). The molecule has 3 nitrogen and oxygen atoms in total. The molecule has 0 saturated carbocycles. The van der Waals surface area contributed by atoms with Gasteiger partial charge in [-0.1, -0.05) is 12.8 Å². The van der Waals surface area contributed by atoms with Crippen molar-refractivity contribution in [3.8, 4) is 12.3 Å². The lowest BCUT2D eigenvalue weighted by Crippen LogP contribution is -2.22. The summed E-state index contributed by atoms with van der Waals surface area (Å²) in [6.45, 7) is 3.80. The van der Waals surface area contributed by atoms with E-state index in [2.05, 4.69) is 23.1 Å². The second kappa shape index (κ2) is 6.87. The number of nitrogens with one attached hydrogen (secondary N) is 1. The van der Waals surface area contributed by atoms with Gasteiger partial charge in [-0.3, -0.25) is 0 Å². The van der Waals surface area contributed by atoms with Gasteiger partial charge in [-0.2, -0.15) is 0 Å². The van der Waals surface area contributed by atoms with Crippen LogP contribution in [-0.4, -0.2) is 25.1 Å². The second-order valence-corrected chi connectivity index (χ2v) is 3.84. The Bertz CT molecular complexity index is 398. The molecule has 0 fully saturated rings. The molecule has 0 amide bonds. The molecule has 1 N–H and O–H groups in total. The highest BCUT2D eigenvalue weighted by Gasteiger charge is 2.12. The lowest BCUT2D eigenvalue weighted by molar-refractivity contribution is 0.579. The maximum absolute atomic E-state index is 14.1. The van der Waals surface area contributed by atoms with Crippen molar-refractivity contribution in [2.24, 2.45) is 0 Å². The van der Waals surface area contributed by atoms with Gasteiger partial charge in [-0.15, -0.1) is 6.42 Å². The lowest BCUT2D eigenvalue weighted by atomic mass is 10.2. The van der Waals surface area contributed by atoms with Crippen molar-refractivity contribution in [3.05, 3.63) is 23.6 Å². The van der Waals surface area contributed by atoms with Gasteiger partial charge < -0.3 is 10.2 Å². The Balaban J connectivity index is 2.80. The standard InChI is InChI=1S/C13H18FN3/c1-4-7-15-10-11-6-8-16-13(12(11)14)17(3)9-5-2/h2,6,8,15H,4,7,9-10H2,1,3H3. The molecule has 1 aromatic rings. The average molecular weight is 235 g/mol. The third-order valence-electron chi connectivity index (χ3n) is 2.38. The zero-order valence-corrected chi connectivity index (χ0v) is 10.3. The molecule has 0 radical (unpaired) electrons. The summed E-state index contributed by atoms with van der Waals surface area (Å²) in [6.07, 6.45) is 7.83. The monoisotopic (exact) mass is 235 g/mol. The van der Waals surface area contributed by atoms with E-state index in [1.165, 1.54) is 0 Å². The highest BCUT2D eigenvalue weighted by atomic mass is 19.1. The van der Waals surface area contributed by atoms with E-state index < -0.39 is 0 Å². The molecule has 92 valence electrons. The summed E-state index contributed by atoms with van der Waals surface area (Å²) in [5.74, 6) is 2.48. The fourth-order valence-electron chi connectivity index (χ4n) is 1.49. The number of hydrogen-bond acceptors (Lipinski definition) is 3. The molecule has 0 unspecified atom stereocenters. The van der Waals surface area contributed by atoms with Crippen LogP contribution in [0.1, 0.15) is 18.9 Å². The summed E-state index contributed by atoms with van der Waals surface area (Å²) in [5.41, 5.74) is 0.618. The fourth-order valence-corrected chi connectivity index (χ4v) is 1.49. The summed E-state index contributed by atoms with van der Waals surface area (Å²) in [6, 6.07) is 1.69. The normalized spacial score (nSPS) is 10.0. The van der Waals surface area contributed by atoms with Crippen LogP contribution in [0.4, 0.5) is 10.2 Å². The molecular weight excluding hydrogens is 217 g/mol. The van der Waals surface area contributed by atoms with Gasteiger partial charge in [0.15, 0.2) is 11.6 Å². The van der Waals surface area contributed by atoms with Gasteiger partial charge in [0.2, 0.25) is 0 Å². The first-order valence-corrected chi connectivity index (χ1v) is 5.69. The first-order chi connectivity index (χ1) is 8.20. The fraction of sp³-hybridized carbons (Fsp3) is 0.462. The molecular formula is C13H18FN3. The Hall–Kier alpha value is -1.60. The van der Waals surface area contributed by atoms with Gasteiger partial charge in [0.05, 0.1) is 6.54 Å². The highest BCUT2D eigenvalue weighted by Crippen LogP contribution is 2.17. The maximum Gasteiger partial charge on any atom is 0.170 e. The molecule has 0 saturated heterocycles. The van der Waals surface area contributed by atoms with E-state index in [4.69, 9.17) is 6.42 Å². The number of nitrogens with zero attached hydrogens (tertiary/aromatic N) is 2. The molecule has 0 atom stereocenters. The number of aromatic nitrogens is 1. The quantitative estimate of drug-likeness (QED) is 0.602. The van der Waals surface area contributed by atoms with Gasteiger partial charge in [0.25, 0.3) is 0 Å². The Labute approximate surface area is 102 Å². The highest BCUT2D eigenvalue weighted by molar-refractivity contribution is 5.43. The summed E-state index contributed by atoms with van der Waals surface area (Å²) in [5, 5.41) is 3.16. The van der Waals surface area contributed by atoms with E-state index in [1.54, 1.807) is 24.2 Å². The minimum absolute atomic E-state index is 0.297. The van der Waals surface area contributed by atoms with E-state index in [0.717, 1.165) is 13.0 Å². The van der Waals surface area contributed by atoms with Crippen LogP contribution in [0.2, 0.25) is 0 Å². The number of hydrogen-bond donors (Lipinski definition) is 1. The van der Waals surface area contributed by atoms with Crippen molar-refractivity contribution in [1.29, 1.82) is 0 Å². The number of pyridine rings is 1. The topological polar surface area (TPSA) is 28.2 Å². The van der Waals surface area contributed by atoms with Crippen LogP contribution in [0.25, 0.3) is 0 Å². The SMILES string of the molecule is C#CCN(C)c1nccc(CNCCC)c1F. The van der Waals surface area contributed by atoms with E-state index in [-0.39, 0.29) is 5.82 Å². The Morgan fingerprint density at radius 3 is 3.00 bits per heavy atom. The molecule has 1 aromatic heterocycles. The summed E-state index contributed by atoms with van der Waals surface area (Å²) in [7, 11) is 1.73. The first-order valence-electron chi connectivity index (χ1n) is 5.69. The second-order valence-electron chi connectivity index (χ2n) is 3.84. The lowest BCUT2D eigenvalue weighted by Gasteiger charge is -2.17. The van der Waals surface area contributed by atoms with Crippen molar-refractivity contribution < 1.29 is 4.39 Å². The van der Waals surface area contributed by atoms with Crippen LogP contribution in [0, 0.1) is 18.2 Å². The van der Waals surface area contributed by atoms with Crippen molar-refractivity contribution in [1.82, 2.24) is 10.3 Å². The third-order valence-corrected chi connectivity index (χ3v) is 2.38. The van der Waals surface area contributed by atoms with Crippen LogP contribution < -0.4 is 10.2 Å². The Morgan fingerprint density at radius 1 is 1.59 bits per heavy atom. The molecule has 0 aliphatic rings. The molecule has 0 aromatic carbocycles. The molecule has 4 heteroatoms. The Kier molecular flexibility index (Phi) is 5.44. The van der Waals surface area contributed by atoms with Gasteiger partial charge in [0.1, 0.15) is 0 Å². The predicted octanol–water partition coefficient (Wildman–Crippen LogP) is 1.79. The van der Waals surface area contributed by atoms with E-state index in [0.29, 0.717) is 24.5 Å². The van der Waals surface area contributed by atoms with E-state index >= 15 is 0 Å². The predicted molar refractivity (Wildman–Crippen MR) is 68.3 cm³/mol. The first kappa shape index (κ1) is 13.5. The van der Waals surface area contributed by atoms with Crippen LogP contribution in [0.15, 0.2) is 12.3 Å². The van der Waals surface area contributed by atoms with Crippen molar-refractivity contribution in [3.63, 3.8) is 0 Å². The summed E-state index contributed by atoms with van der Waals surface area (Å²) in [4.78, 5) is 5.64. The number of terminal acetylenes is 1. The minimum atomic E-state index is -0.297. The van der Waals surface area contributed by atoms with Gasteiger partial charge >= 0.3 is 0 Å². The smallest absolute Gasteiger partial charge is 0.170 e. The molecule has 1 heterocycles. The number of halogens is 1. The summed E-state index contributed by atoms with van der Waals surface area (Å²) < 4.78 is 14.1. The molecule has 0 spiro atoms.